The molecule has 0 radical (unpaired) electrons. The molecule has 16 heavy (non-hydrogen) atoms. The first-order valence-corrected chi connectivity index (χ1v) is 6.78. The predicted molar refractivity (Wildman–Crippen MR) is 71.4 cm³/mol. The molecule has 0 atom stereocenters. The lowest BCUT2D eigenvalue weighted by molar-refractivity contribution is 0.154. The highest BCUT2D eigenvalue weighted by Crippen LogP contribution is 2.37. The van der Waals surface area contributed by atoms with Crippen molar-refractivity contribution in [2.45, 2.75) is 53.4 Å². The summed E-state index contributed by atoms with van der Waals surface area (Å²) < 4.78 is 0. The van der Waals surface area contributed by atoms with E-state index in [4.69, 9.17) is 5.73 Å². The van der Waals surface area contributed by atoms with Gasteiger partial charge >= 0.3 is 0 Å². The Kier molecular flexibility index (Phi) is 4.81. The summed E-state index contributed by atoms with van der Waals surface area (Å²) in [6, 6.07) is 0. The summed E-state index contributed by atoms with van der Waals surface area (Å²) in [5, 5.41) is 3.62. The van der Waals surface area contributed by atoms with Crippen LogP contribution in [0.25, 0.3) is 0 Å². The molecule has 0 bridgehead atoms. The summed E-state index contributed by atoms with van der Waals surface area (Å²) in [6.45, 7) is 12.2. The molecule has 2 nitrogen and oxygen atoms in total. The highest BCUT2D eigenvalue weighted by molar-refractivity contribution is 4.87. The number of nitrogens with one attached hydrogen (secondary N) is 1. The Labute approximate surface area is 101 Å². The third-order valence-corrected chi connectivity index (χ3v) is 3.92. The van der Waals surface area contributed by atoms with Crippen LogP contribution in [0.1, 0.15) is 53.4 Å². The minimum Gasteiger partial charge on any atom is -0.330 e. The quantitative estimate of drug-likeness (QED) is 0.773. The first-order valence-electron chi connectivity index (χ1n) is 6.78. The van der Waals surface area contributed by atoms with Crippen LogP contribution in [0.2, 0.25) is 0 Å². The number of hydrogen-bond donors (Lipinski definition) is 2. The summed E-state index contributed by atoms with van der Waals surface area (Å²) in [5.41, 5.74) is 6.75. The van der Waals surface area contributed by atoms with E-state index in [1.54, 1.807) is 0 Å². The van der Waals surface area contributed by atoms with Crippen molar-refractivity contribution in [2.75, 3.05) is 19.6 Å². The molecule has 0 saturated heterocycles. The largest absolute Gasteiger partial charge is 0.330 e. The minimum atomic E-state index is 0.373. The lowest BCUT2D eigenvalue weighted by Crippen LogP contribution is -2.44. The van der Waals surface area contributed by atoms with Gasteiger partial charge in [-0.15, -0.1) is 0 Å². The van der Waals surface area contributed by atoms with Gasteiger partial charge in [-0.1, -0.05) is 40.5 Å². The lowest BCUT2D eigenvalue weighted by atomic mass is 9.70. The Balaban J connectivity index is 2.36. The van der Waals surface area contributed by atoms with Gasteiger partial charge in [0.25, 0.3) is 0 Å². The van der Waals surface area contributed by atoms with Crippen LogP contribution in [0.5, 0.6) is 0 Å². The van der Waals surface area contributed by atoms with Crippen molar-refractivity contribution in [3.05, 3.63) is 0 Å². The van der Waals surface area contributed by atoms with E-state index in [2.05, 4.69) is 33.0 Å². The molecule has 1 saturated carbocycles. The second-order valence-electron chi connectivity index (χ2n) is 7.05. The molecule has 0 aromatic carbocycles. The molecule has 0 unspecified atom stereocenters. The highest BCUT2D eigenvalue weighted by atomic mass is 14.9. The van der Waals surface area contributed by atoms with Gasteiger partial charge in [0, 0.05) is 13.1 Å². The van der Waals surface area contributed by atoms with E-state index in [-0.39, 0.29) is 0 Å². The third-order valence-electron chi connectivity index (χ3n) is 3.92. The molecule has 1 rings (SSSR count). The van der Waals surface area contributed by atoms with Crippen molar-refractivity contribution in [2.24, 2.45) is 22.5 Å². The number of hydrogen-bond acceptors (Lipinski definition) is 2. The third kappa shape index (κ3) is 4.42. The fraction of sp³-hybridized carbons (Fsp3) is 1.00. The number of nitrogens with two attached hydrogens (primary N) is 1. The van der Waals surface area contributed by atoms with E-state index < -0.39 is 0 Å². The van der Waals surface area contributed by atoms with Gasteiger partial charge in [0.15, 0.2) is 0 Å². The van der Waals surface area contributed by atoms with E-state index in [9.17, 15) is 0 Å². The zero-order chi connectivity index (χ0) is 12.2. The first-order chi connectivity index (χ1) is 7.37. The second kappa shape index (κ2) is 5.50. The fourth-order valence-corrected chi connectivity index (χ4v) is 2.53. The van der Waals surface area contributed by atoms with Gasteiger partial charge in [0.2, 0.25) is 0 Å². The number of rotatable bonds is 4. The summed E-state index contributed by atoms with van der Waals surface area (Å²) in [5.74, 6) is 0.905. The van der Waals surface area contributed by atoms with Gasteiger partial charge in [0.1, 0.15) is 0 Å². The van der Waals surface area contributed by atoms with E-state index in [1.807, 2.05) is 0 Å². The van der Waals surface area contributed by atoms with E-state index in [1.165, 1.54) is 25.7 Å². The van der Waals surface area contributed by atoms with Crippen molar-refractivity contribution in [1.29, 1.82) is 0 Å². The molecular weight excluding hydrogens is 196 g/mol. The minimum absolute atomic E-state index is 0.373. The Hall–Kier alpha value is -0.0800. The maximum absolute atomic E-state index is 5.99. The van der Waals surface area contributed by atoms with Crippen molar-refractivity contribution in [1.82, 2.24) is 5.32 Å². The zero-order valence-corrected chi connectivity index (χ0v) is 11.6. The van der Waals surface area contributed by atoms with Crippen LogP contribution in [0.4, 0.5) is 0 Å². The van der Waals surface area contributed by atoms with Gasteiger partial charge in [-0.2, -0.15) is 0 Å². The van der Waals surface area contributed by atoms with Crippen molar-refractivity contribution >= 4 is 0 Å². The smallest absolute Gasteiger partial charge is 0.00201 e. The molecule has 2 heteroatoms. The summed E-state index contributed by atoms with van der Waals surface area (Å²) in [4.78, 5) is 0. The molecule has 1 fully saturated rings. The van der Waals surface area contributed by atoms with Gasteiger partial charge in [-0.05, 0) is 36.1 Å². The molecule has 3 N–H and O–H groups in total. The van der Waals surface area contributed by atoms with Gasteiger partial charge in [-0.25, -0.2) is 0 Å². The van der Waals surface area contributed by atoms with Crippen LogP contribution in [0, 0.1) is 16.7 Å². The predicted octanol–water partition coefficient (Wildman–Crippen LogP) is 2.78. The van der Waals surface area contributed by atoms with Crippen LogP contribution >= 0.6 is 0 Å². The monoisotopic (exact) mass is 226 g/mol. The average Bonchev–Trinajstić information content (AvgIpc) is 2.20. The summed E-state index contributed by atoms with van der Waals surface area (Å²) >= 11 is 0. The van der Waals surface area contributed by atoms with Crippen molar-refractivity contribution in [3.8, 4) is 0 Å². The average molecular weight is 226 g/mol. The zero-order valence-electron chi connectivity index (χ0n) is 11.6. The molecule has 0 aliphatic heterocycles. The molecule has 0 aromatic rings. The summed E-state index contributed by atoms with van der Waals surface area (Å²) in [7, 11) is 0. The van der Waals surface area contributed by atoms with Crippen LogP contribution in [-0.2, 0) is 0 Å². The molecule has 1 aliphatic carbocycles. The molecule has 0 aromatic heterocycles. The Morgan fingerprint density at radius 2 is 1.81 bits per heavy atom. The second-order valence-corrected chi connectivity index (χ2v) is 7.05. The first kappa shape index (κ1) is 14.0. The van der Waals surface area contributed by atoms with E-state index >= 15 is 0 Å². The van der Waals surface area contributed by atoms with Crippen molar-refractivity contribution in [3.63, 3.8) is 0 Å². The van der Waals surface area contributed by atoms with E-state index in [0.29, 0.717) is 10.8 Å². The van der Waals surface area contributed by atoms with Crippen LogP contribution < -0.4 is 11.1 Å². The van der Waals surface area contributed by atoms with Crippen LogP contribution in [0.3, 0.4) is 0 Å². The molecule has 1 aliphatic rings. The van der Waals surface area contributed by atoms with Crippen molar-refractivity contribution < 1.29 is 0 Å². The SMILES string of the molecule is CC1CCC(CN)(CNCC(C)(C)C)CC1. The Morgan fingerprint density at radius 1 is 1.25 bits per heavy atom. The Morgan fingerprint density at radius 3 is 2.25 bits per heavy atom. The van der Waals surface area contributed by atoms with Gasteiger partial charge in [0.05, 0.1) is 0 Å². The molecule has 0 spiro atoms. The maximum Gasteiger partial charge on any atom is 0.00201 e. The van der Waals surface area contributed by atoms with Crippen LogP contribution in [0.15, 0.2) is 0 Å². The molecule has 0 heterocycles. The van der Waals surface area contributed by atoms with E-state index in [0.717, 1.165) is 25.6 Å². The normalized spacial score (nSPS) is 31.7. The molecule has 0 amide bonds. The molecule has 96 valence electrons. The highest BCUT2D eigenvalue weighted by Gasteiger charge is 2.32. The summed E-state index contributed by atoms with van der Waals surface area (Å²) in [6.07, 6.45) is 5.33. The lowest BCUT2D eigenvalue weighted by Gasteiger charge is -2.39. The van der Waals surface area contributed by atoms with Gasteiger partial charge in [-0.3, -0.25) is 0 Å². The van der Waals surface area contributed by atoms with Gasteiger partial charge < -0.3 is 11.1 Å². The maximum atomic E-state index is 5.99. The fourth-order valence-electron chi connectivity index (χ4n) is 2.53. The van der Waals surface area contributed by atoms with Crippen LogP contribution in [-0.4, -0.2) is 19.6 Å². The Bertz CT molecular complexity index is 197. The standard InChI is InChI=1S/C14H30N2/c1-12-5-7-14(9-15,8-6-12)11-16-10-13(2,3)4/h12,16H,5-11,15H2,1-4H3. The molecular formula is C14H30N2. The topological polar surface area (TPSA) is 38.0 Å².